The maximum atomic E-state index is 11.6. The third-order valence-corrected chi connectivity index (χ3v) is 2.47. The molecule has 18 heavy (non-hydrogen) atoms. The largest absolute Gasteiger partial charge is 0.352 e. The van der Waals surface area contributed by atoms with Gasteiger partial charge in [0.1, 0.15) is 0 Å². The number of unbranched alkanes of at least 4 members (excludes halogenated alkanes) is 1. The molecule has 0 radical (unpaired) electrons. The normalized spacial score (nSPS) is 9.83. The van der Waals surface area contributed by atoms with Crippen LogP contribution in [-0.2, 0) is 4.79 Å². The molecule has 1 aromatic rings. The third kappa shape index (κ3) is 5.89. The second kappa shape index (κ2) is 7.32. The van der Waals surface area contributed by atoms with Crippen LogP contribution in [-0.4, -0.2) is 18.5 Å². The number of nitrogens with one attached hydrogen (secondary N) is 2. The van der Waals surface area contributed by atoms with E-state index in [9.17, 15) is 9.59 Å². The van der Waals surface area contributed by atoms with Crippen molar-refractivity contribution in [2.24, 2.45) is 5.73 Å². The lowest BCUT2D eigenvalue weighted by molar-refractivity contribution is -0.116. The molecule has 0 unspecified atom stereocenters. The van der Waals surface area contributed by atoms with Gasteiger partial charge in [-0.25, -0.2) is 4.79 Å². The molecule has 1 rings (SSSR count). The summed E-state index contributed by atoms with van der Waals surface area (Å²) < 4.78 is 0. The van der Waals surface area contributed by atoms with Gasteiger partial charge in [-0.05, 0) is 31.9 Å². The maximum absolute atomic E-state index is 11.6. The molecule has 5 heteroatoms. The number of hydrogen-bond acceptors (Lipinski definition) is 2. The first-order chi connectivity index (χ1) is 8.58. The molecule has 0 aliphatic carbocycles. The van der Waals surface area contributed by atoms with Crippen LogP contribution in [0.4, 0.5) is 10.5 Å². The van der Waals surface area contributed by atoms with Crippen molar-refractivity contribution < 1.29 is 9.59 Å². The van der Waals surface area contributed by atoms with Gasteiger partial charge in [0.25, 0.3) is 0 Å². The number of benzene rings is 1. The molecular formula is C13H19N3O2. The van der Waals surface area contributed by atoms with Crippen molar-refractivity contribution in [1.82, 2.24) is 5.32 Å². The number of hydrogen-bond donors (Lipinski definition) is 3. The quantitative estimate of drug-likeness (QED) is 0.671. The molecule has 1 aromatic carbocycles. The van der Waals surface area contributed by atoms with E-state index in [0.29, 0.717) is 13.0 Å². The van der Waals surface area contributed by atoms with Gasteiger partial charge in [-0.15, -0.1) is 0 Å². The lowest BCUT2D eigenvalue weighted by Gasteiger charge is -2.05. The molecule has 0 fully saturated rings. The van der Waals surface area contributed by atoms with E-state index in [1.54, 1.807) is 0 Å². The first-order valence-electron chi connectivity index (χ1n) is 5.98. The van der Waals surface area contributed by atoms with E-state index in [1.807, 2.05) is 31.2 Å². The Morgan fingerprint density at radius 3 is 2.44 bits per heavy atom. The van der Waals surface area contributed by atoms with E-state index in [1.165, 1.54) is 0 Å². The van der Waals surface area contributed by atoms with E-state index in [2.05, 4.69) is 10.6 Å². The Morgan fingerprint density at radius 1 is 1.17 bits per heavy atom. The fraction of sp³-hybridized carbons (Fsp3) is 0.385. The zero-order valence-electron chi connectivity index (χ0n) is 10.5. The summed E-state index contributed by atoms with van der Waals surface area (Å²) in [6.45, 7) is 2.50. The minimum atomic E-state index is -0.529. The number of urea groups is 1. The number of primary amides is 1. The third-order valence-electron chi connectivity index (χ3n) is 2.47. The average molecular weight is 249 g/mol. The lowest BCUT2D eigenvalue weighted by Crippen LogP contribution is -2.30. The number of anilines is 1. The molecule has 0 spiro atoms. The van der Waals surface area contributed by atoms with Gasteiger partial charge in [0.05, 0.1) is 0 Å². The molecule has 0 aromatic heterocycles. The summed E-state index contributed by atoms with van der Waals surface area (Å²) in [6, 6.07) is 7.13. The van der Waals surface area contributed by atoms with Crippen LogP contribution in [0.2, 0.25) is 0 Å². The van der Waals surface area contributed by atoms with E-state index in [0.717, 1.165) is 24.1 Å². The Balaban J connectivity index is 2.17. The molecule has 0 heterocycles. The van der Waals surface area contributed by atoms with Crippen LogP contribution < -0.4 is 16.4 Å². The van der Waals surface area contributed by atoms with Gasteiger partial charge in [-0.2, -0.15) is 0 Å². The number of carbonyl (C=O) groups excluding carboxylic acids is 2. The predicted octanol–water partition coefficient (Wildman–Crippen LogP) is 1.77. The minimum absolute atomic E-state index is 0.0158. The van der Waals surface area contributed by atoms with Gasteiger partial charge in [0.15, 0.2) is 0 Å². The topological polar surface area (TPSA) is 84.2 Å². The second-order valence-corrected chi connectivity index (χ2v) is 4.16. The molecule has 0 aliphatic heterocycles. The fourth-order valence-electron chi connectivity index (χ4n) is 1.48. The van der Waals surface area contributed by atoms with Crippen molar-refractivity contribution in [2.75, 3.05) is 11.9 Å². The van der Waals surface area contributed by atoms with E-state index < -0.39 is 6.03 Å². The highest BCUT2D eigenvalue weighted by Gasteiger charge is 2.02. The van der Waals surface area contributed by atoms with Gasteiger partial charge in [0, 0.05) is 18.7 Å². The number of aryl methyl sites for hydroxylation is 1. The molecule has 4 N–H and O–H groups in total. The number of amides is 3. The average Bonchev–Trinajstić information content (AvgIpc) is 2.31. The molecule has 98 valence electrons. The number of carbonyl (C=O) groups is 2. The van der Waals surface area contributed by atoms with Crippen LogP contribution in [0.1, 0.15) is 24.8 Å². The Kier molecular flexibility index (Phi) is 5.70. The van der Waals surface area contributed by atoms with Crippen LogP contribution in [0.3, 0.4) is 0 Å². The summed E-state index contributed by atoms with van der Waals surface area (Å²) in [5.74, 6) is -0.0158. The fourth-order valence-corrected chi connectivity index (χ4v) is 1.48. The second-order valence-electron chi connectivity index (χ2n) is 4.16. The van der Waals surface area contributed by atoms with Crippen LogP contribution in [0, 0.1) is 6.92 Å². The van der Waals surface area contributed by atoms with Crippen molar-refractivity contribution in [3.05, 3.63) is 29.8 Å². The smallest absolute Gasteiger partial charge is 0.312 e. The van der Waals surface area contributed by atoms with Gasteiger partial charge in [0.2, 0.25) is 5.91 Å². The monoisotopic (exact) mass is 249 g/mol. The molecule has 0 bridgehead atoms. The SMILES string of the molecule is Cc1ccc(NC(=O)CCCCNC(N)=O)cc1. The number of rotatable bonds is 6. The highest BCUT2D eigenvalue weighted by molar-refractivity contribution is 5.90. The molecule has 5 nitrogen and oxygen atoms in total. The minimum Gasteiger partial charge on any atom is -0.352 e. The van der Waals surface area contributed by atoms with Gasteiger partial charge >= 0.3 is 6.03 Å². The highest BCUT2D eigenvalue weighted by atomic mass is 16.2. The van der Waals surface area contributed by atoms with Crippen LogP contribution in [0.5, 0.6) is 0 Å². The lowest BCUT2D eigenvalue weighted by atomic mass is 10.2. The van der Waals surface area contributed by atoms with Crippen molar-refractivity contribution in [1.29, 1.82) is 0 Å². The van der Waals surface area contributed by atoms with Crippen LogP contribution in [0.15, 0.2) is 24.3 Å². The maximum Gasteiger partial charge on any atom is 0.312 e. The summed E-state index contributed by atoms with van der Waals surface area (Å²) in [4.78, 5) is 22.0. The Morgan fingerprint density at radius 2 is 1.83 bits per heavy atom. The zero-order valence-corrected chi connectivity index (χ0v) is 10.5. The Bertz CT molecular complexity index is 401. The summed E-state index contributed by atoms with van der Waals surface area (Å²) in [7, 11) is 0. The first-order valence-corrected chi connectivity index (χ1v) is 5.98. The highest BCUT2D eigenvalue weighted by Crippen LogP contribution is 2.09. The number of nitrogens with two attached hydrogens (primary N) is 1. The Labute approximate surface area is 107 Å². The van der Waals surface area contributed by atoms with E-state index >= 15 is 0 Å². The van der Waals surface area contributed by atoms with Crippen molar-refractivity contribution >= 4 is 17.6 Å². The molecule has 0 saturated heterocycles. The molecule has 0 atom stereocenters. The van der Waals surface area contributed by atoms with Crippen LogP contribution in [0.25, 0.3) is 0 Å². The van der Waals surface area contributed by atoms with Crippen LogP contribution >= 0.6 is 0 Å². The van der Waals surface area contributed by atoms with E-state index in [4.69, 9.17) is 5.73 Å². The summed E-state index contributed by atoms with van der Waals surface area (Å²) in [6.07, 6.45) is 1.90. The molecular weight excluding hydrogens is 230 g/mol. The standard InChI is InChI=1S/C13H19N3O2/c1-10-5-7-11(8-6-10)16-12(17)4-2-3-9-15-13(14)18/h5-8H,2-4,9H2,1H3,(H,16,17)(H3,14,15,18). The molecule has 0 saturated carbocycles. The van der Waals surface area contributed by atoms with Crippen molar-refractivity contribution in [2.45, 2.75) is 26.2 Å². The van der Waals surface area contributed by atoms with Gasteiger partial charge < -0.3 is 16.4 Å². The zero-order chi connectivity index (χ0) is 13.4. The molecule has 3 amide bonds. The van der Waals surface area contributed by atoms with Gasteiger partial charge in [-0.1, -0.05) is 17.7 Å². The molecule has 0 aliphatic rings. The van der Waals surface area contributed by atoms with Gasteiger partial charge in [-0.3, -0.25) is 4.79 Å². The van der Waals surface area contributed by atoms with E-state index in [-0.39, 0.29) is 5.91 Å². The summed E-state index contributed by atoms with van der Waals surface area (Å²) in [5.41, 5.74) is 6.88. The van der Waals surface area contributed by atoms with Crippen molar-refractivity contribution in [3.8, 4) is 0 Å². The summed E-state index contributed by atoms with van der Waals surface area (Å²) >= 11 is 0. The van der Waals surface area contributed by atoms with Crippen molar-refractivity contribution in [3.63, 3.8) is 0 Å². The summed E-state index contributed by atoms with van der Waals surface area (Å²) in [5, 5.41) is 5.30. The predicted molar refractivity (Wildman–Crippen MR) is 71.2 cm³/mol. The first kappa shape index (κ1) is 14.0. The Hall–Kier alpha value is -2.04.